The monoisotopic (exact) mass is 422 g/mol. The molecule has 154 valence electrons. The highest BCUT2D eigenvalue weighted by Gasteiger charge is 2.17. The first-order valence-electron chi connectivity index (χ1n) is 9.26. The molecule has 0 bridgehead atoms. The summed E-state index contributed by atoms with van der Waals surface area (Å²) in [5.41, 5.74) is 1.63. The number of nitro groups is 2. The van der Waals surface area contributed by atoms with Gasteiger partial charge in [0.1, 0.15) is 12.1 Å². The summed E-state index contributed by atoms with van der Waals surface area (Å²) in [6, 6.07) is 22.7. The van der Waals surface area contributed by atoms with E-state index < -0.39 is 9.85 Å². The highest BCUT2D eigenvalue weighted by atomic mass is 16.6. The fourth-order valence-corrected chi connectivity index (χ4v) is 3.08. The van der Waals surface area contributed by atoms with E-state index in [0.717, 1.165) is 0 Å². The third-order valence-corrected chi connectivity index (χ3v) is 4.58. The van der Waals surface area contributed by atoms with Crippen molar-refractivity contribution in [2.45, 2.75) is 0 Å². The van der Waals surface area contributed by atoms with Crippen LogP contribution in [0.5, 0.6) is 0 Å². The number of nitriles is 2. The van der Waals surface area contributed by atoms with Gasteiger partial charge in [-0.1, -0.05) is 48.5 Å². The van der Waals surface area contributed by atoms with E-state index >= 15 is 0 Å². The van der Waals surface area contributed by atoms with Crippen molar-refractivity contribution in [3.63, 3.8) is 0 Å². The Morgan fingerprint density at radius 3 is 1.31 bits per heavy atom. The van der Waals surface area contributed by atoms with E-state index in [9.17, 15) is 30.8 Å². The van der Waals surface area contributed by atoms with Crippen molar-refractivity contribution in [1.82, 2.24) is 0 Å². The van der Waals surface area contributed by atoms with Crippen LogP contribution < -0.4 is 0 Å². The number of benzene rings is 3. The lowest BCUT2D eigenvalue weighted by molar-refractivity contribution is -0.385. The van der Waals surface area contributed by atoms with Crippen LogP contribution in [0.2, 0.25) is 0 Å². The van der Waals surface area contributed by atoms with Crippen LogP contribution in [-0.4, -0.2) is 9.85 Å². The molecule has 0 saturated heterocycles. The summed E-state index contributed by atoms with van der Waals surface area (Å²) in [6.45, 7) is 0. The largest absolute Gasteiger partial charge is 0.277 e. The highest BCUT2D eigenvalue weighted by Crippen LogP contribution is 2.29. The summed E-state index contributed by atoms with van der Waals surface area (Å²) in [6.07, 6.45) is 3.06. The Hall–Kier alpha value is -5.08. The van der Waals surface area contributed by atoms with Crippen LogP contribution in [0, 0.1) is 42.9 Å². The van der Waals surface area contributed by atoms with Crippen LogP contribution in [0.3, 0.4) is 0 Å². The van der Waals surface area contributed by atoms with Crippen LogP contribution in [-0.2, 0) is 0 Å². The second-order valence-electron chi connectivity index (χ2n) is 6.55. The molecule has 3 rings (SSSR count). The molecule has 0 fully saturated rings. The summed E-state index contributed by atoms with van der Waals surface area (Å²) in [5, 5.41) is 41.5. The molecule has 0 N–H and O–H groups in total. The molecular formula is C24H14N4O4. The molecule has 0 heterocycles. The fraction of sp³-hybridized carbons (Fsp3) is 0. The molecule has 0 spiro atoms. The predicted molar refractivity (Wildman–Crippen MR) is 120 cm³/mol. The van der Waals surface area contributed by atoms with E-state index in [4.69, 9.17) is 0 Å². The number of nitrogens with zero attached hydrogens (tertiary/aromatic N) is 4. The Morgan fingerprint density at radius 2 is 1.00 bits per heavy atom. The standard InChI is InChI=1S/C24H14N4O4/c25-15-19(21-5-1-3-7-23(21)27(29)30)13-17-9-11-18(12-10-17)14-20(16-26)22-6-2-4-8-24(22)28(31)32/h1-14H. The van der Waals surface area contributed by atoms with Crippen molar-refractivity contribution in [1.29, 1.82) is 10.5 Å². The van der Waals surface area contributed by atoms with Gasteiger partial charge in [0, 0.05) is 12.1 Å². The average molecular weight is 422 g/mol. The molecule has 32 heavy (non-hydrogen) atoms. The van der Waals surface area contributed by atoms with Gasteiger partial charge in [0.15, 0.2) is 0 Å². The van der Waals surface area contributed by atoms with Gasteiger partial charge in [-0.25, -0.2) is 0 Å². The zero-order chi connectivity index (χ0) is 23.1. The Kier molecular flexibility index (Phi) is 6.50. The highest BCUT2D eigenvalue weighted by molar-refractivity contribution is 5.94. The molecule has 0 saturated carbocycles. The van der Waals surface area contributed by atoms with E-state index in [1.807, 2.05) is 12.1 Å². The van der Waals surface area contributed by atoms with Crippen LogP contribution in [0.4, 0.5) is 11.4 Å². The lowest BCUT2D eigenvalue weighted by atomic mass is 10.00. The maximum absolute atomic E-state index is 11.2. The summed E-state index contributed by atoms with van der Waals surface area (Å²) in [5.74, 6) is 0. The number of nitro benzene ring substituents is 2. The molecule has 8 nitrogen and oxygen atoms in total. The van der Waals surface area contributed by atoms with Gasteiger partial charge in [-0.05, 0) is 35.4 Å². The zero-order valence-corrected chi connectivity index (χ0v) is 16.5. The molecule has 0 aliphatic heterocycles. The zero-order valence-electron chi connectivity index (χ0n) is 16.5. The smallest absolute Gasteiger partial charge is 0.258 e. The Morgan fingerprint density at radius 1 is 0.656 bits per heavy atom. The molecule has 0 radical (unpaired) electrons. The Labute approximate surface area is 182 Å². The van der Waals surface area contributed by atoms with E-state index in [0.29, 0.717) is 11.1 Å². The van der Waals surface area contributed by atoms with Crippen LogP contribution in [0.25, 0.3) is 23.3 Å². The third kappa shape index (κ3) is 4.73. The minimum Gasteiger partial charge on any atom is -0.258 e. The van der Waals surface area contributed by atoms with E-state index in [1.165, 1.54) is 48.6 Å². The van der Waals surface area contributed by atoms with Gasteiger partial charge in [-0.2, -0.15) is 10.5 Å². The van der Waals surface area contributed by atoms with Crippen molar-refractivity contribution in [3.05, 3.63) is 115 Å². The summed E-state index contributed by atoms with van der Waals surface area (Å²) in [4.78, 5) is 21.4. The fourth-order valence-electron chi connectivity index (χ4n) is 3.08. The second kappa shape index (κ2) is 9.61. The molecule has 3 aromatic rings. The molecule has 0 aliphatic carbocycles. The van der Waals surface area contributed by atoms with Gasteiger partial charge >= 0.3 is 0 Å². The summed E-state index contributed by atoms with van der Waals surface area (Å²) >= 11 is 0. The number of hydrogen-bond donors (Lipinski definition) is 0. The van der Waals surface area contributed by atoms with Crippen LogP contribution >= 0.6 is 0 Å². The number of rotatable bonds is 6. The molecule has 0 atom stereocenters. The molecule has 0 unspecified atom stereocenters. The molecule has 8 heteroatoms. The first-order valence-corrected chi connectivity index (χ1v) is 9.26. The molecule has 0 amide bonds. The molecular weight excluding hydrogens is 408 g/mol. The van der Waals surface area contributed by atoms with Gasteiger partial charge < -0.3 is 0 Å². The lowest BCUT2D eigenvalue weighted by Crippen LogP contribution is -1.94. The van der Waals surface area contributed by atoms with Gasteiger partial charge in [-0.15, -0.1) is 0 Å². The van der Waals surface area contributed by atoms with Crippen molar-refractivity contribution in [2.24, 2.45) is 0 Å². The molecule has 3 aromatic carbocycles. The maximum Gasteiger partial charge on any atom is 0.277 e. The van der Waals surface area contributed by atoms with Gasteiger partial charge in [0.05, 0.1) is 32.1 Å². The van der Waals surface area contributed by atoms with Gasteiger partial charge in [-0.3, -0.25) is 20.2 Å². The van der Waals surface area contributed by atoms with Crippen molar-refractivity contribution in [3.8, 4) is 12.1 Å². The van der Waals surface area contributed by atoms with Gasteiger partial charge in [0.2, 0.25) is 0 Å². The Balaban J connectivity index is 1.96. The molecule has 0 aromatic heterocycles. The quantitative estimate of drug-likeness (QED) is 0.219. The van der Waals surface area contributed by atoms with Crippen molar-refractivity contribution in [2.75, 3.05) is 0 Å². The van der Waals surface area contributed by atoms with E-state index in [-0.39, 0.29) is 33.6 Å². The summed E-state index contributed by atoms with van der Waals surface area (Å²) in [7, 11) is 0. The lowest BCUT2D eigenvalue weighted by Gasteiger charge is -2.03. The Bertz CT molecular complexity index is 1240. The first-order chi connectivity index (χ1) is 15.4. The second-order valence-corrected chi connectivity index (χ2v) is 6.55. The van der Waals surface area contributed by atoms with E-state index in [1.54, 1.807) is 36.4 Å². The third-order valence-electron chi connectivity index (χ3n) is 4.58. The van der Waals surface area contributed by atoms with Crippen molar-refractivity contribution < 1.29 is 9.85 Å². The van der Waals surface area contributed by atoms with Crippen LogP contribution in [0.15, 0.2) is 72.8 Å². The van der Waals surface area contributed by atoms with Crippen LogP contribution in [0.1, 0.15) is 22.3 Å². The number of hydrogen-bond acceptors (Lipinski definition) is 6. The molecule has 0 aliphatic rings. The SMILES string of the molecule is N#CC(=Cc1ccc(C=C(C#N)c2ccccc2[N+](=O)[O-])cc1)c1ccccc1[N+](=O)[O-]. The minimum absolute atomic E-state index is 0.137. The maximum atomic E-state index is 11.2. The number of allylic oxidation sites excluding steroid dienone is 2. The normalized spacial score (nSPS) is 11.3. The van der Waals surface area contributed by atoms with E-state index in [2.05, 4.69) is 0 Å². The topological polar surface area (TPSA) is 134 Å². The van der Waals surface area contributed by atoms with Gasteiger partial charge in [0.25, 0.3) is 11.4 Å². The predicted octanol–water partition coefficient (Wildman–Crippen LogP) is 5.63. The minimum atomic E-state index is -0.541. The van der Waals surface area contributed by atoms with Crippen molar-refractivity contribution >= 4 is 34.7 Å². The summed E-state index contributed by atoms with van der Waals surface area (Å²) < 4.78 is 0. The number of para-hydroxylation sites is 2. The average Bonchev–Trinajstić information content (AvgIpc) is 2.81. The first kappa shape index (κ1) is 21.6.